The highest BCUT2D eigenvalue weighted by Crippen LogP contribution is 2.47. The molecular formula is C73H62N6. The highest BCUT2D eigenvalue weighted by molar-refractivity contribution is 5.88. The van der Waals surface area contributed by atoms with Crippen molar-refractivity contribution in [3.05, 3.63) is 308 Å². The summed E-state index contributed by atoms with van der Waals surface area (Å²) in [7, 11) is 0. The van der Waals surface area contributed by atoms with E-state index in [-0.39, 0.29) is 6.04 Å². The van der Waals surface area contributed by atoms with Crippen LogP contribution >= 0.6 is 0 Å². The summed E-state index contributed by atoms with van der Waals surface area (Å²) in [5, 5.41) is 0. The van der Waals surface area contributed by atoms with Gasteiger partial charge in [-0.2, -0.15) is 0 Å². The summed E-state index contributed by atoms with van der Waals surface area (Å²) in [6.07, 6.45) is 42.3. The lowest BCUT2D eigenvalue weighted by molar-refractivity contribution is 0.263. The zero-order valence-corrected chi connectivity index (χ0v) is 44.3. The Morgan fingerprint density at radius 3 is 1.57 bits per heavy atom. The smallest absolute Gasteiger partial charge is 0.0973 e. The second-order valence-corrected chi connectivity index (χ2v) is 20.7. The summed E-state index contributed by atoms with van der Waals surface area (Å²) in [6, 6.07) is 67.2. The number of allylic oxidation sites excluding steroid dienone is 16. The topological polar surface area (TPSA) is 38.7 Å². The summed E-state index contributed by atoms with van der Waals surface area (Å²) in [6.45, 7) is 0. The van der Waals surface area contributed by atoms with Crippen LogP contribution in [-0.2, 0) is 0 Å². The van der Waals surface area contributed by atoms with E-state index < -0.39 is 0 Å². The number of nitrogens with zero attached hydrogens (tertiary/aromatic N) is 6. The molecule has 0 spiro atoms. The van der Waals surface area contributed by atoms with Gasteiger partial charge in [0.25, 0.3) is 0 Å². The molecule has 0 aliphatic heterocycles. The maximum absolute atomic E-state index is 5.36. The van der Waals surface area contributed by atoms with Gasteiger partial charge in [0, 0.05) is 79.6 Å². The summed E-state index contributed by atoms with van der Waals surface area (Å²) in [5.74, 6) is 1.17. The molecule has 0 saturated heterocycles. The molecule has 0 amide bonds. The second kappa shape index (κ2) is 22.6. The molecule has 1 heterocycles. The van der Waals surface area contributed by atoms with E-state index >= 15 is 0 Å². The zero-order valence-electron chi connectivity index (χ0n) is 44.3. The normalized spacial score (nSPS) is 19.7. The molecule has 6 nitrogen and oxygen atoms in total. The highest BCUT2D eigenvalue weighted by Gasteiger charge is 2.37. The van der Waals surface area contributed by atoms with Gasteiger partial charge < -0.3 is 19.6 Å². The van der Waals surface area contributed by atoms with Gasteiger partial charge in [-0.1, -0.05) is 158 Å². The quantitative estimate of drug-likeness (QED) is 0.108. The Hall–Kier alpha value is -9.52. The van der Waals surface area contributed by atoms with Gasteiger partial charge in [0.15, 0.2) is 0 Å². The molecule has 8 aromatic rings. The minimum Gasteiger partial charge on any atom is -0.334 e. The molecule has 1 aromatic heterocycles. The first kappa shape index (κ1) is 49.1. The molecule has 0 bridgehead atoms. The minimum absolute atomic E-state index is 0.145. The summed E-state index contributed by atoms with van der Waals surface area (Å²) in [4.78, 5) is 20.4. The average molecular weight is 1020 g/mol. The molecular weight excluding hydrogens is 961 g/mol. The summed E-state index contributed by atoms with van der Waals surface area (Å²) < 4.78 is 0. The van der Waals surface area contributed by atoms with Gasteiger partial charge in [0.1, 0.15) is 0 Å². The van der Waals surface area contributed by atoms with E-state index in [2.05, 4.69) is 293 Å². The number of aromatic nitrogens is 2. The first-order valence-electron chi connectivity index (χ1n) is 28.0. The fourth-order valence-electron chi connectivity index (χ4n) is 11.7. The Morgan fingerprint density at radius 2 is 0.975 bits per heavy atom. The summed E-state index contributed by atoms with van der Waals surface area (Å²) >= 11 is 0. The third-order valence-corrected chi connectivity index (χ3v) is 15.8. The van der Waals surface area contributed by atoms with Crippen LogP contribution in [0.2, 0.25) is 0 Å². The SMILES string of the molecule is C1=CCC=CC(N(C2=CCC(N(c3ccccc3)c3ccccc3)C=C2)c2ccc(-c3nc4ccccc4nc3-c3ccc(N(c4ccccc4)c4ccc(N(C5=CC=CC6CCC56)/C5=C/C=C\C=C/CC5)cc4)cc3)cc2)=C1. The van der Waals surface area contributed by atoms with E-state index in [0.29, 0.717) is 11.8 Å². The van der Waals surface area contributed by atoms with Crippen molar-refractivity contribution in [3.63, 3.8) is 0 Å². The third kappa shape index (κ3) is 10.3. The highest BCUT2D eigenvalue weighted by atomic mass is 15.2. The molecule has 0 N–H and O–H groups in total. The molecule has 1 saturated carbocycles. The number of fused-ring (bicyclic) bond motifs is 2. The van der Waals surface area contributed by atoms with Crippen molar-refractivity contribution in [1.29, 1.82) is 0 Å². The lowest BCUT2D eigenvalue weighted by atomic mass is 9.69. The van der Waals surface area contributed by atoms with Crippen LogP contribution in [0.25, 0.3) is 33.5 Å². The van der Waals surface area contributed by atoms with Crippen LogP contribution in [0.15, 0.2) is 308 Å². The first-order chi connectivity index (χ1) is 39.2. The van der Waals surface area contributed by atoms with Crippen LogP contribution in [0.5, 0.6) is 0 Å². The lowest BCUT2D eigenvalue weighted by Gasteiger charge is -2.44. The fourth-order valence-corrected chi connectivity index (χ4v) is 11.7. The number of hydrogen-bond donors (Lipinski definition) is 0. The Labute approximate surface area is 465 Å². The molecule has 3 atom stereocenters. The molecule has 7 aromatic carbocycles. The number of benzene rings is 7. The molecule has 5 aliphatic rings. The van der Waals surface area contributed by atoms with Gasteiger partial charge in [0.2, 0.25) is 0 Å². The van der Waals surface area contributed by atoms with Crippen molar-refractivity contribution >= 4 is 50.8 Å². The van der Waals surface area contributed by atoms with Crippen LogP contribution in [0, 0.1) is 11.8 Å². The van der Waals surface area contributed by atoms with Crippen LogP contribution in [0.1, 0.15) is 38.5 Å². The van der Waals surface area contributed by atoms with Crippen molar-refractivity contribution in [2.75, 3.05) is 19.6 Å². The van der Waals surface area contributed by atoms with E-state index in [0.717, 1.165) is 93.4 Å². The zero-order chi connectivity index (χ0) is 52.7. The Bertz CT molecular complexity index is 3750. The van der Waals surface area contributed by atoms with Crippen LogP contribution in [-0.4, -0.2) is 16.0 Å². The van der Waals surface area contributed by atoms with Crippen molar-refractivity contribution < 1.29 is 0 Å². The standard InChI is InChI=1S/C73H62N6/c1-2-9-31-61(32-10-3-1)79(71-35-21-22-54-40-53-68(54)71)67-51-49-66(50-52-67)78(60-29-17-8-18-30-60)63-43-38-56(39-44-63)73-72(74-69-33-19-20-34-70(69)75-73)55-36-41-62(42-37-55)77(59-23-11-4-5-12-24-59)65-47-45-64(46-48-65)76(57-25-13-6-14-26-57)58-27-15-7-16-28-58/h1-4,6-9,11-31,33-39,41-45,47-52,54,64,68H,5,10,32,40,46,53H2/b3-1-,9-2-,61-31+. The van der Waals surface area contributed by atoms with Gasteiger partial charge in [-0.3, -0.25) is 0 Å². The predicted octanol–water partition coefficient (Wildman–Crippen LogP) is 18.8. The van der Waals surface area contributed by atoms with E-state index in [4.69, 9.17) is 9.97 Å². The van der Waals surface area contributed by atoms with Gasteiger partial charge in [-0.25, -0.2) is 9.97 Å². The lowest BCUT2D eigenvalue weighted by Crippen LogP contribution is -2.36. The molecule has 79 heavy (non-hydrogen) atoms. The molecule has 6 heteroatoms. The largest absolute Gasteiger partial charge is 0.334 e. The van der Waals surface area contributed by atoms with E-state index in [9.17, 15) is 0 Å². The first-order valence-corrected chi connectivity index (χ1v) is 28.0. The molecule has 13 rings (SSSR count). The van der Waals surface area contributed by atoms with Gasteiger partial charge >= 0.3 is 0 Å². The van der Waals surface area contributed by atoms with Gasteiger partial charge in [-0.15, -0.1) is 0 Å². The monoisotopic (exact) mass is 1020 g/mol. The third-order valence-electron chi connectivity index (χ3n) is 15.8. The average Bonchev–Trinajstić information content (AvgIpc) is 3.79. The molecule has 1 fully saturated rings. The Balaban J connectivity index is 0.820. The van der Waals surface area contributed by atoms with Gasteiger partial charge in [0.05, 0.1) is 28.5 Å². The van der Waals surface area contributed by atoms with Crippen LogP contribution < -0.4 is 19.6 Å². The maximum atomic E-state index is 5.36. The fraction of sp³-hybridized carbons (Fsp3) is 0.123. The van der Waals surface area contributed by atoms with Crippen LogP contribution in [0.3, 0.4) is 0 Å². The number of rotatable bonds is 14. The van der Waals surface area contributed by atoms with E-state index in [1.165, 1.54) is 41.3 Å². The Kier molecular flexibility index (Phi) is 14.0. The molecule has 5 aliphatic carbocycles. The van der Waals surface area contributed by atoms with Crippen molar-refractivity contribution in [3.8, 4) is 22.5 Å². The van der Waals surface area contributed by atoms with E-state index in [1.807, 2.05) is 12.1 Å². The number of hydrogen-bond acceptors (Lipinski definition) is 6. The molecule has 0 radical (unpaired) electrons. The number of para-hydroxylation sites is 5. The van der Waals surface area contributed by atoms with Crippen molar-refractivity contribution in [2.45, 2.75) is 44.6 Å². The number of anilines is 7. The predicted molar refractivity (Wildman–Crippen MR) is 331 cm³/mol. The van der Waals surface area contributed by atoms with Crippen molar-refractivity contribution in [2.24, 2.45) is 11.8 Å². The maximum Gasteiger partial charge on any atom is 0.0973 e. The van der Waals surface area contributed by atoms with E-state index in [1.54, 1.807) is 0 Å². The van der Waals surface area contributed by atoms with Crippen LogP contribution in [0.4, 0.5) is 39.8 Å². The molecule has 384 valence electrons. The molecule has 3 unspecified atom stereocenters. The second-order valence-electron chi connectivity index (χ2n) is 20.7. The summed E-state index contributed by atoms with van der Waals surface area (Å²) in [5.41, 5.74) is 18.2. The Morgan fingerprint density at radius 1 is 0.405 bits per heavy atom. The van der Waals surface area contributed by atoms with Gasteiger partial charge in [-0.05, 0) is 172 Å². The minimum atomic E-state index is 0.145. The van der Waals surface area contributed by atoms with Crippen molar-refractivity contribution in [1.82, 2.24) is 9.97 Å².